The van der Waals surface area contributed by atoms with Gasteiger partial charge in [0, 0.05) is 55.5 Å². The van der Waals surface area contributed by atoms with Crippen LogP contribution < -0.4 is 9.47 Å². The maximum Gasteiger partial charge on any atom is 0.231 e. The highest BCUT2D eigenvalue weighted by molar-refractivity contribution is 6.31. The Bertz CT molecular complexity index is 833. The van der Waals surface area contributed by atoms with Crippen LogP contribution in [0, 0.1) is 0 Å². The van der Waals surface area contributed by atoms with E-state index in [9.17, 15) is 0 Å². The molecule has 3 aromatic rings. The topological polar surface area (TPSA) is 47.5 Å². The lowest BCUT2D eigenvalue weighted by molar-refractivity contribution is 0.174. The lowest BCUT2D eigenvalue weighted by Gasteiger charge is -2.23. The molecule has 4 rings (SSSR count). The minimum atomic E-state index is 0.242. The van der Waals surface area contributed by atoms with Crippen molar-refractivity contribution in [2.45, 2.75) is 19.6 Å². The standard InChI is InChI=1S/C20H18ClN3O2/c21-18-9-20-19(25-14-26-20)8-17(18)13-24(11-15-3-6-22-7-4-15)12-16-2-1-5-23-10-16/h1-10H,11-14H2. The number of halogens is 1. The first kappa shape index (κ1) is 16.8. The molecule has 0 radical (unpaired) electrons. The molecule has 0 saturated heterocycles. The summed E-state index contributed by atoms with van der Waals surface area (Å²) in [6.07, 6.45) is 7.29. The molecule has 1 aliphatic heterocycles. The van der Waals surface area contributed by atoms with Crippen LogP contribution in [0.15, 0.2) is 61.2 Å². The van der Waals surface area contributed by atoms with Gasteiger partial charge < -0.3 is 9.47 Å². The fourth-order valence-electron chi connectivity index (χ4n) is 2.99. The number of fused-ring (bicyclic) bond motifs is 1. The van der Waals surface area contributed by atoms with Crippen molar-refractivity contribution >= 4 is 11.6 Å². The van der Waals surface area contributed by atoms with Gasteiger partial charge in [-0.25, -0.2) is 0 Å². The highest BCUT2D eigenvalue weighted by atomic mass is 35.5. The molecule has 0 unspecified atom stereocenters. The first-order valence-corrected chi connectivity index (χ1v) is 8.74. The Morgan fingerprint density at radius 3 is 2.42 bits per heavy atom. The van der Waals surface area contributed by atoms with E-state index in [4.69, 9.17) is 21.1 Å². The molecule has 0 saturated carbocycles. The molecule has 0 atom stereocenters. The van der Waals surface area contributed by atoms with Crippen molar-refractivity contribution in [3.8, 4) is 11.5 Å². The maximum absolute atomic E-state index is 6.47. The Kier molecular flexibility index (Phi) is 5.00. The molecule has 0 fully saturated rings. The smallest absolute Gasteiger partial charge is 0.231 e. The number of ether oxygens (including phenoxy) is 2. The molecule has 0 spiro atoms. The van der Waals surface area contributed by atoms with Crippen molar-refractivity contribution < 1.29 is 9.47 Å². The highest BCUT2D eigenvalue weighted by Crippen LogP contribution is 2.37. The zero-order chi connectivity index (χ0) is 17.8. The Morgan fingerprint density at radius 2 is 1.65 bits per heavy atom. The van der Waals surface area contributed by atoms with Crippen LogP contribution in [0.1, 0.15) is 16.7 Å². The summed E-state index contributed by atoms with van der Waals surface area (Å²) in [5.41, 5.74) is 3.35. The van der Waals surface area contributed by atoms with Crippen molar-refractivity contribution in [1.29, 1.82) is 0 Å². The second kappa shape index (κ2) is 7.72. The lowest BCUT2D eigenvalue weighted by atomic mass is 10.1. The molecule has 0 amide bonds. The van der Waals surface area contributed by atoms with Crippen molar-refractivity contribution in [2.75, 3.05) is 6.79 Å². The van der Waals surface area contributed by atoms with E-state index in [1.54, 1.807) is 6.20 Å². The summed E-state index contributed by atoms with van der Waals surface area (Å²) >= 11 is 6.47. The van der Waals surface area contributed by atoms with E-state index in [0.29, 0.717) is 17.3 Å². The van der Waals surface area contributed by atoms with E-state index < -0.39 is 0 Å². The highest BCUT2D eigenvalue weighted by Gasteiger charge is 2.18. The summed E-state index contributed by atoms with van der Waals surface area (Å²) in [7, 11) is 0. The van der Waals surface area contributed by atoms with Crippen molar-refractivity contribution in [3.05, 3.63) is 82.9 Å². The van der Waals surface area contributed by atoms with E-state index in [2.05, 4.69) is 20.9 Å². The normalized spacial score (nSPS) is 12.5. The fraction of sp³-hybridized carbons (Fsp3) is 0.200. The number of pyridine rings is 2. The van der Waals surface area contributed by atoms with Crippen LogP contribution in [0.3, 0.4) is 0 Å². The number of hydrogen-bond acceptors (Lipinski definition) is 5. The molecule has 0 N–H and O–H groups in total. The zero-order valence-electron chi connectivity index (χ0n) is 14.1. The predicted molar refractivity (Wildman–Crippen MR) is 99.0 cm³/mol. The SMILES string of the molecule is Clc1cc2c(cc1CN(Cc1ccncc1)Cc1cccnc1)OCO2. The van der Waals surface area contributed by atoms with Gasteiger partial charge in [0.25, 0.3) is 0 Å². The van der Waals surface area contributed by atoms with Gasteiger partial charge in [-0.05, 0) is 41.0 Å². The van der Waals surface area contributed by atoms with Crippen molar-refractivity contribution in [3.63, 3.8) is 0 Å². The molecule has 5 nitrogen and oxygen atoms in total. The monoisotopic (exact) mass is 367 g/mol. The summed E-state index contributed by atoms with van der Waals surface area (Å²) < 4.78 is 10.9. The number of nitrogens with zero attached hydrogens (tertiary/aromatic N) is 3. The third-order valence-corrected chi connectivity index (χ3v) is 4.57. The summed E-state index contributed by atoms with van der Waals surface area (Å²) in [4.78, 5) is 10.6. The zero-order valence-corrected chi connectivity index (χ0v) is 14.9. The number of benzene rings is 1. The number of hydrogen-bond donors (Lipinski definition) is 0. The van der Waals surface area contributed by atoms with Crippen molar-refractivity contribution in [1.82, 2.24) is 14.9 Å². The van der Waals surface area contributed by atoms with E-state index in [1.807, 2.05) is 48.9 Å². The van der Waals surface area contributed by atoms with Gasteiger partial charge in [0.15, 0.2) is 11.5 Å². The Labute approximate surface area is 157 Å². The third kappa shape index (κ3) is 3.95. The van der Waals surface area contributed by atoms with E-state index in [-0.39, 0.29) is 6.79 Å². The number of rotatable bonds is 6. The van der Waals surface area contributed by atoms with Gasteiger partial charge >= 0.3 is 0 Å². The summed E-state index contributed by atoms with van der Waals surface area (Å²) in [5, 5.41) is 0.681. The quantitative estimate of drug-likeness (QED) is 0.657. The summed E-state index contributed by atoms with van der Waals surface area (Å²) in [6, 6.07) is 11.9. The molecule has 26 heavy (non-hydrogen) atoms. The van der Waals surface area contributed by atoms with Gasteiger partial charge in [-0.15, -0.1) is 0 Å². The predicted octanol–water partition coefficient (Wildman–Crippen LogP) is 4.06. The van der Waals surface area contributed by atoms with Crippen molar-refractivity contribution in [2.24, 2.45) is 0 Å². The average molecular weight is 368 g/mol. The molecule has 0 aliphatic carbocycles. The van der Waals surface area contributed by atoms with Gasteiger partial charge in [-0.3, -0.25) is 14.9 Å². The van der Waals surface area contributed by atoms with Crippen LogP contribution in [0.25, 0.3) is 0 Å². The van der Waals surface area contributed by atoms with Crippen LogP contribution in [-0.2, 0) is 19.6 Å². The van der Waals surface area contributed by atoms with Gasteiger partial charge in [0.2, 0.25) is 6.79 Å². The van der Waals surface area contributed by atoms with E-state index in [1.165, 1.54) is 5.56 Å². The van der Waals surface area contributed by atoms with Gasteiger partial charge in [-0.2, -0.15) is 0 Å². The molecular formula is C20H18ClN3O2. The largest absolute Gasteiger partial charge is 0.454 e. The van der Waals surface area contributed by atoms with Crippen LogP contribution in [0.4, 0.5) is 0 Å². The van der Waals surface area contributed by atoms with E-state index in [0.717, 1.165) is 30.0 Å². The molecule has 132 valence electrons. The summed E-state index contributed by atoms with van der Waals surface area (Å²) in [5.74, 6) is 1.45. The average Bonchev–Trinajstić information content (AvgIpc) is 3.11. The van der Waals surface area contributed by atoms with Gasteiger partial charge in [0.1, 0.15) is 0 Å². The Hall–Kier alpha value is -2.63. The second-order valence-corrected chi connectivity index (χ2v) is 6.57. The van der Waals surface area contributed by atoms with Crippen LogP contribution in [-0.4, -0.2) is 21.7 Å². The fourth-order valence-corrected chi connectivity index (χ4v) is 3.20. The van der Waals surface area contributed by atoms with Crippen LogP contribution >= 0.6 is 11.6 Å². The minimum absolute atomic E-state index is 0.242. The molecule has 6 heteroatoms. The number of aromatic nitrogens is 2. The first-order chi connectivity index (χ1) is 12.8. The molecule has 1 aromatic carbocycles. The summed E-state index contributed by atoms with van der Waals surface area (Å²) in [6.45, 7) is 2.47. The molecule has 3 heterocycles. The molecular weight excluding hydrogens is 350 g/mol. The molecule has 0 bridgehead atoms. The van der Waals surface area contributed by atoms with Gasteiger partial charge in [0.05, 0.1) is 0 Å². The Balaban J connectivity index is 1.58. The van der Waals surface area contributed by atoms with E-state index >= 15 is 0 Å². The maximum atomic E-state index is 6.47. The Morgan fingerprint density at radius 1 is 0.885 bits per heavy atom. The third-order valence-electron chi connectivity index (χ3n) is 4.22. The molecule has 1 aliphatic rings. The van der Waals surface area contributed by atoms with Crippen LogP contribution in [0.5, 0.6) is 11.5 Å². The van der Waals surface area contributed by atoms with Gasteiger partial charge in [-0.1, -0.05) is 17.7 Å². The lowest BCUT2D eigenvalue weighted by Crippen LogP contribution is -2.22. The second-order valence-electron chi connectivity index (χ2n) is 6.16. The van der Waals surface area contributed by atoms with Crippen LogP contribution in [0.2, 0.25) is 5.02 Å². The molecule has 2 aromatic heterocycles. The first-order valence-electron chi connectivity index (χ1n) is 8.36. The minimum Gasteiger partial charge on any atom is -0.454 e.